The van der Waals surface area contributed by atoms with Crippen molar-refractivity contribution in [1.29, 1.82) is 0 Å². The Morgan fingerprint density at radius 3 is 2.56 bits per heavy atom. The average molecular weight is 410 g/mol. The van der Waals surface area contributed by atoms with E-state index < -0.39 is 6.04 Å². The number of carbonyl (C=O) groups excluding carboxylic acids is 2. The Bertz CT molecular complexity index is 645. The molecule has 3 rings (SSSR count). The maximum atomic E-state index is 13.3. The molecule has 0 N–H and O–H groups in total. The molecule has 4 nitrogen and oxygen atoms in total. The largest absolute Gasteiger partial charge is 0.464 e. The monoisotopic (exact) mass is 409 g/mol. The molecule has 2 unspecified atom stereocenters. The second-order valence-corrected chi connectivity index (χ2v) is 8.96. The third-order valence-corrected chi connectivity index (χ3v) is 7.14. The Labute approximate surface area is 171 Å². The SMILES string of the molecule is CCCCOC(=O)C1CSC(C2CCCCC2)N1C(=O)c1ccc(Cl)cc1. The van der Waals surface area contributed by atoms with Crippen molar-refractivity contribution in [3.05, 3.63) is 34.9 Å². The highest BCUT2D eigenvalue weighted by atomic mass is 35.5. The van der Waals surface area contributed by atoms with Crippen molar-refractivity contribution in [2.24, 2.45) is 5.92 Å². The predicted octanol–water partition coefficient (Wildman–Crippen LogP) is 5.15. The van der Waals surface area contributed by atoms with Gasteiger partial charge in [0.25, 0.3) is 5.91 Å². The summed E-state index contributed by atoms with van der Waals surface area (Å²) in [5.74, 6) is 0.709. The first-order chi connectivity index (χ1) is 13.1. The van der Waals surface area contributed by atoms with Gasteiger partial charge in [-0.25, -0.2) is 4.79 Å². The van der Waals surface area contributed by atoms with Crippen LogP contribution in [0, 0.1) is 5.92 Å². The molecule has 1 heterocycles. The highest BCUT2D eigenvalue weighted by Gasteiger charge is 2.45. The fraction of sp³-hybridized carbons (Fsp3) is 0.619. The summed E-state index contributed by atoms with van der Waals surface area (Å²) in [5, 5.41) is 0.652. The molecular formula is C21H28ClNO3S. The van der Waals surface area contributed by atoms with Gasteiger partial charge in [-0.3, -0.25) is 4.79 Å². The Kier molecular flexibility index (Phi) is 7.48. The Balaban J connectivity index is 1.80. The van der Waals surface area contributed by atoms with Crippen molar-refractivity contribution in [2.45, 2.75) is 63.3 Å². The fourth-order valence-electron chi connectivity index (χ4n) is 3.90. The van der Waals surface area contributed by atoms with Crippen molar-refractivity contribution in [3.8, 4) is 0 Å². The van der Waals surface area contributed by atoms with Crippen LogP contribution in [-0.4, -0.2) is 40.6 Å². The van der Waals surface area contributed by atoms with Gasteiger partial charge in [-0.05, 0) is 49.4 Å². The van der Waals surface area contributed by atoms with Gasteiger partial charge in [0.15, 0.2) is 0 Å². The van der Waals surface area contributed by atoms with Crippen LogP contribution in [0.25, 0.3) is 0 Å². The Hall–Kier alpha value is -1.20. The average Bonchev–Trinajstić information content (AvgIpc) is 3.14. The summed E-state index contributed by atoms with van der Waals surface area (Å²) < 4.78 is 5.47. The van der Waals surface area contributed by atoms with Gasteiger partial charge in [-0.2, -0.15) is 0 Å². The molecule has 27 heavy (non-hydrogen) atoms. The van der Waals surface area contributed by atoms with E-state index in [2.05, 4.69) is 6.92 Å². The first kappa shape index (κ1) is 20.5. The summed E-state index contributed by atoms with van der Waals surface area (Å²) in [5.41, 5.74) is 0.578. The molecular weight excluding hydrogens is 382 g/mol. The van der Waals surface area contributed by atoms with Gasteiger partial charge in [-0.15, -0.1) is 11.8 Å². The minimum atomic E-state index is -0.498. The summed E-state index contributed by atoms with van der Waals surface area (Å²) in [6.45, 7) is 2.49. The number of esters is 1. The van der Waals surface area contributed by atoms with Gasteiger partial charge >= 0.3 is 5.97 Å². The number of benzene rings is 1. The summed E-state index contributed by atoms with van der Waals surface area (Å²) in [6.07, 6.45) is 7.75. The van der Waals surface area contributed by atoms with Crippen molar-refractivity contribution < 1.29 is 14.3 Å². The summed E-state index contributed by atoms with van der Waals surface area (Å²) in [6, 6.07) is 6.43. The van der Waals surface area contributed by atoms with E-state index in [1.165, 1.54) is 19.3 Å². The number of amides is 1. The van der Waals surface area contributed by atoms with Crippen LogP contribution in [0.15, 0.2) is 24.3 Å². The maximum Gasteiger partial charge on any atom is 0.329 e. The minimum absolute atomic E-state index is 0.0530. The number of halogens is 1. The second kappa shape index (κ2) is 9.83. The van der Waals surface area contributed by atoms with Crippen LogP contribution in [0.2, 0.25) is 5.02 Å². The molecule has 2 aliphatic rings. The van der Waals surface area contributed by atoms with Gasteiger partial charge in [0.1, 0.15) is 6.04 Å². The van der Waals surface area contributed by atoms with Crippen molar-refractivity contribution in [2.75, 3.05) is 12.4 Å². The molecule has 1 aliphatic heterocycles. The van der Waals surface area contributed by atoms with Crippen molar-refractivity contribution in [1.82, 2.24) is 4.90 Å². The highest BCUT2D eigenvalue weighted by molar-refractivity contribution is 8.00. The van der Waals surface area contributed by atoms with Gasteiger partial charge in [0.05, 0.1) is 12.0 Å². The lowest BCUT2D eigenvalue weighted by molar-refractivity contribution is -0.148. The number of carbonyl (C=O) groups is 2. The summed E-state index contributed by atoms with van der Waals surface area (Å²) in [7, 11) is 0. The quantitative estimate of drug-likeness (QED) is 0.481. The molecule has 1 aromatic carbocycles. The molecule has 1 aliphatic carbocycles. The van der Waals surface area contributed by atoms with Crippen LogP contribution in [0.5, 0.6) is 0 Å². The fourth-order valence-corrected chi connectivity index (χ4v) is 5.65. The van der Waals surface area contributed by atoms with Crippen molar-refractivity contribution >= 4 is 35.2 Å². The number of unbranched alkanes of at least 4 members (excludes halogenated alkanes) is 1. The van der Waals surface area contributed by atoms with Crippen LogP contribution < -0.4 is 0 Å². The summed E-state index contributed by atoms with van der Waals surface area (Å²) in [4.78, 5) is 27.8. The van der Waals surface area contributed by atoms with Crippen LogP contribution in [0.4, 0.5) is 0 Å². The zero-order chi connectivity index (χ0) is 19.2. The van der Waals surface area contributed by atoms with E-state index in [0.29, 0.717) is 28.9 Å². The lowest BCUT2D eigenvalue weighted by atomic mass is 9.88. The van der Waals surface area contributed by atoms with Crippen LogP contribution >= 0.6 is 23.4 Å². The van der Waals surface area contributed by atoms with E-state index in [4.69, 9.17) is 16.3 Å². The number of rotatable bonds is 6. The normalized spacial score (nSPS) is 23.4. The molecule has 0 spiro atoms. The molecule has 1 amide bonds. The highest BCUT2D eigenvalue weighted by Crippen LogP contribution is 2.41. The number of hydrogen-bond acceptors (Lipinski definition) is 4. The number of thioether (sulfide) groups is 1. The van der Waals surface area contributed by atoms with Crippen LogP contribution in [0.1, 0.15) is 62.2 Å². The van der Waals surface area contributed by atoms with E-state index in [9.17, 15) is 9.59 Å². The van der Waals surface area contributed by atoms with Gasteiger partial charge < -0.3 is 9.64 Å². The molecule has 0 bridgehead atoms. The topological polar surface area (TPSA) is 46.6 Å². The van der Waals surface area contributed by atoms with E-state index in [1.807, 2.05) is 0 Å². The Morgan fingerprint density at radius 2 is 1.89 bits per heavy atom. The molecule has 1 aromatic rings. The molecule has 6 heteroatoms. The molecule has 0 radical (unpaired) electrons. The van der Waals surface area contributed by atoms with Gasteiger partial charge in [-0.1, -0.05) is 44.2 Å². The third-order valence-electron chi connectivity index (χ3n) is 5.43. The van der Waals surface area contributed by atoms with Gasteiger partial charge in [0, 0.05) is 16.3 Å². The van der Waals surface area contributed by atoms with Crippen molar-refractivity contribution in [3.63, 3.8) is 0 Å². The summed E-state index contributed by atoms with van der Waals surface area (Å²) >= 11 is 7.71. The van der Waals surface area contributed by atoms with Crippen LogP contribution in [-0.2, 0) is 9.53 Å². The van der Waals surface area contributed by atoms with E-state index in [0.717, 1.165) is 25.7 Å². The molecule has 1 saturated heterocycles. The number of ether oxygens (including phenoxy) is 1. The lowest BCUT2D eigenvalue weighted by Gasteiger charge is -2.35. The molecule has 1 saturated carbocycles. The zero-order valence-corrected chi connectivity index (χ0v) is 17.4. The predicted molar refractivity (Wildman–Crippen MR) is 110 cm³/mol. The number of hydrogen-bond donors (Lipinski definition) is 0. The number of nitrogens with zero attached hydrogens (tertiary/aromatic N) is 1. The van der Waals surface area contributed by atoms with Gasteiger partial charge in [0.2, 0.25) is 0 Å². The maximum absolute atomic E-state index is 13.3. The van der Waals surface area contributed by atoms with Crippen LogP contribution in [0.3, 0.4) is 0 Å². The minimum Gasteiger partial charge on any atom is -0.464 e. The molecule has 2 fully saturated rings. The Morgan fingerprint density at radius 1 is 1.19 bits per heavy atom. The van der Waals surface area contributed by atoms with E-state index in [-0.39, 0.29) is 17.3 Å². The van der Waals surface area contributed by atoms with E-state index >= 15 is 0 Å². The second-order valence-electron chi connectivity index (χ2n) is 7.38. The molecule has 2 atom stereocenters. The molecule has 148 valence electrons. The smallest absolute Gasteiger partial charge is 0.329 e. The third kappa shape index (κ3) is 5.00. The standard InChI is InChI=1S/C21H28ClNO3S/c1-2-3-13-26-21(25)18-14-27-20(16-7-5-4-6-8-16)23(18)19(24)15-9-11-17(22)12-10-15/h9-12,16,18,20H,2-8,13-14H2,1H3. The van der Waals surface area contributed by atoms with E-state index in [1.54, 1.807) is 40.9 Å². The first-order valence-electron chi connectivity index (χ1n) is 9.98. The molecule has 0 aromatic heterocycles. The first-order valence-corrected chi connectivity index (χ1v) is 11.4. The lowest BCUT2D eigenvalue weighted by Crippen LogP contribution is -2.48. The zero-order valence-electron chi connectivity index (χ0n) is 15.9.